The number of anilines is 1. The number of benzene rings is 2. The third-order valence-corrected chi connectivity index (χ3v) is 2.89. The molecule has 2 heteroatoms. The number of ether oxygens (including phenoxy) is 1. The molecule has 0 aliphatic rings. The molecule has 0 saturated carbocycles. The summed E-state index contributed by atoms with van der Waals surface area (Å²) in [5.41, 5.74) is 3.76. The quantitative estimate of drug-likeness (QED) is 0.861. The molecule has 2 nitrogen and oxygen atoms in total. The zero-order valence-corrected chi connectivity index (χ0v) is 10.9. The van der Waals surface area contributed by atoms with Crippen molar-refractivity contribution in [3.05, 3.63) is 59.7 Å². The van der Waals surface area contributed by atoms with Crippen LogP contribution in [0.2, 0.25) is 0 Å². The fourth-order valence-electron chi connectivity index (χ4n) is 1.90. The molecule has 2 aromatic carbocycles. The lowest BCUT2D eigenvalue weighted by molar-refractivity contribution is 0.340. The van der Waals surface area contributed by atoms with Gasteiger partial charge in [-0.25, -0.2) is 0 Å². The van der Waals surface area contributed by atoms with Crippen LogP contribution in [0.3, 0.4) is 0 Å². The van der Waals surface area contributed by atoms with E-state index < -0.39 is 0 Å². The SMILES string of the molecule is CCOc1ccc(Cc2ccc(NC)cc2)cc1. The lowest BCUT2D eigenvalue weighted by Gasteiger charge is -2.06. The van der Waals surface area contributed by atoms with E-state index in [1.165, 1.54) is 11.1 Å². The Kier molecular flexibility index (Phi) is 4.24. The molecular formula is C16H19NO. The molecule has 1 N–H and O–H groups in total. The molecule has 0 fully saturated rings. The summed E-state index contributed by atoms with van der Waals surface area (Å²) in [4.78, 5) is 0. The van der Waals surface area contributed by atoms with Crippen molar-refractivity contribution in [2.45, 2.75) is 13.3 Å². The van der Waals surface area contributed by atoms with Crippen LogP contribution in [0.15, 0.2) is 48.5 Å². The molecule has 0 aliphatic carbocycles. The zero-order valence-electron chi connectivity index (χ0n) is 10.9. The molecule has 0 spiro atoms. The average Bonchev–Trinajstić information content (AvgIpc) is 2.42. The van der Waals surface area contributed by atoms with Crippen molar-refractivity contribution < 1.29 is 4.74 Å². The van der Waals surface area contributed by atoms with Crippen LogP contribution in [0.5, 0.6) is 5.75 Å². The molecule has 18 heavy (non-hydrogen) atoms. The Morgan fingerprint density at radius 3 is 1.94 bits per heavy atom. The molecule has 2 aromatic rings. The lowest BCUT2D eigenvalue weighted by atomic mass is 10.0. The maximum Gasteiger partial charge on any atom is 0.119 e. The highest BCUT2D eigenvalue weighted by Crippen LogP contribution is 2.16. The summed E-state index contributed by atoms with van der Waals surface area (Å²) in [6, 6.07) is 16.8. The van der Waals surface area contributed by atoms with Gasteiger partial charge in [-0.05, 0) is 48.7 Å². The van der Waals surface area contributed by atoms with Crippen LogP contribution in [0.4, 0.5) is 5.69 Å². The van der Waals surface area contributed by atoms with Crippen LogP contribution in [-0.2, 0) is 6.42 Å². The summed E-state index contributed by atoms with van der Waals surface area (Å²) in [5.74, 6) is 0.937. The molecule has 0 radical (unpaired) electrons. The Labute approximate surface area is 109 Å². The second-order valence-corrected chi connectivity index (χ2v) is 4.20. The highest BCUT2D eigenvalue weighted by Gasteiger charge is 1.98. The normalized spacial score (nSPS) is 10.1. The monoisotopic (exact) mass is 241 g/mol. The summed E-state index contributed by atoms with van der Waals surface area (Å²) in [6.07, 6.45) is 0.955. The lowest BCUT2D eigenvalue weighted by Crippen LogP contribution is -1.93. The first-order valence-corrected chi connectivity index (χ1v) is 6.30. The highest BCUT2D eigenvalue weighted by molar-refractivity contribution is 5.44. The predicted molar refractivity (Wildman–Crippen MR) is 76.4 cm³/mol. The Morgan fingerprint density at radius 1 is 0.889 bits per heavy atom. The Balaban J connectivity index is 2.03. The van der Waals surface area contributed by atoms with E-state index in [0.717, 1.165) is 17.9 Å². The van der Waals surface area contributed by atoms with Crippen LogP contribution in [-0.4, -0.2) is 13.7 Å². The Morgan fingerprint density at radius 2 is 1.44 bits per heavy atom. The molecule has 0 unspecified atom stereocenters. The minimum atomic E-state index is 0.713. The van der Waals surface area contributed by atoms with Crippen LogP contribution < -0.4 is 10.1 Å². The molecule has 0 bridgehead atoms. The summed E-state index contributed by atoms with van der Waals surface area (Å²) in [6.45, 7) is 2.71. The van der Waals surface area contributed by atoms with Crippen molar-refractivity contribution in [1.82, 2.24) is 0 Å². The Hall–Kier alpha value is -1.96. The highest BCUT2D eigenvalue weighted by atomic mass is 16.5. The molecule has 94 valence electrons. The molecule has 0 saturated heterocycles. The van der Waals surface area contributed by atoms with E-state index >= 15 is 0 Å². The summed E-state index contributed by atoms with van der Waals surface area (Å²) in [7, 11) is 1.93. The molecule has 0 atom stereocenters. The summed E-state index contributed by atoms with van der Waals surface area (Å²) < 4.78 is 5.43. The van der Waals surface area contributed by atoms with Crippen molar-refractivity contribution in [3.63, 3.8) is 0 Å². The minimum Gasteiger partial charge on any atom is -0.494 e. The van der Waals surface area contributed by atoms with Gasteiger partial charge in [-0.2, -0.15) is 0 Å². The van der Waals surface area contributed by atoms with Crippen molar-refractivity contribution in [2.75, 3.05) is 19.0 Å². The minimum absolute atomic E-state index is 0.713. The van der Waals surface area contributed by atoms with Crippen LogP contribution in [0.1, 0.15) is 18.1 Å². The van der Waals surface area contributed by atoms with Crippen molar-refractivity contribution in [1.29, 1.82) is 0 Å². The van der Waals surface area contributed by atoms with E-state index in [1.54, 1.807) is 0 Å². The molecule has 0 heterocycles. The van der Waals surface area contributed by atoms with Gasteiger partial charge in [-0.15, -0.1) is 0 Å². The van der Waals surface area contributed by atoms with Crippen molar-refractivity contribution in [3.8, 4) is 5.75 Å². The van der Waals surface area contributed by atoms with Gasteiger partial charge < -0.3 is 10.1 Å². The molecular weight excluding hydrogens is 222 g/mol. The largest absolute Gasteiger partial charge is 0.494 e. The predicted octanol–water partition coefficient (Wildman–Crippen LogP) is 3.72. The van der Waals surface area contributed by atoms with Gasteiger partial charge in [0.05, 0.1) is 6.61 Å². The standard InChI is InChI=1S/C16H19NO/c1-3-18-16-10-6-14(7-11-16)12-13-4-8-15(17-2)9-5-13/h4-11,17H,3,12H2,1-2H3. The average molecular weight is 241 g/mol. The Bertz CT molecular complexity index is 473. The van der Waals surface area contributed by atoms with E-state index in [0.29, 0.717) is 6.61 Å². The third kappa shape index (κ3) is 3.27. The summed E-state index contributed by atoms with van der Waals surface area (Å²) in [5, 5.41) is 3.12. The van der Waals surface area contributed by atoms with Gasteiger partial charge in [-0.1, -0.05) is 24.3 Å². The first kappa shape index (κ1) is 12.5. The van der Waals surface area contributed by atoms with E-state index in [1.807, 2.05) is 26.1 Å². The van der Waals surface area contributed by atoms with Gasteiger partial charge in [0.2, 0.25) is 0 Å². The van der Waals surface area contributed by atoms with Gasteiger partial charge >= 0.3 is 0 Å². The van der Waals surface area contributed by atoms with Crippen molar-refractivity contribution >= 4 is 5.69 Å². The van der Waals surface area contributed by atoms with E-state index in [2.05, 4.69) is 41.7 Å². The van der Waals surface area contributed by atoms with Crippen LogP contribution >= 0.6 is 0 Å². The van der Waals surface area contributed by atoms with Gasteiger partial charge in [-0.3, -0.25) is 0 Å². The van der Waals surface area contributed by atoms with E-state index in [4.69, 9.17) is 4.74 Å². The maximum absolute atomic E-state index is 5.43. The van der Waals surface area contributed by atoms with E-state index in [-0.39, 0.29) is 0 Å². The maximum atomic E-state index is 5.43. The number of rotatable bonds is 5. The fourth-order valence-corrected chi connectivity index (χ4v) is 1.90. The molecule has 0 aromatic heterocycles. The topological polar surface area (TPSA) is 21.3 Å². The van der Waals surface area contributed by atoms with Crippen LogP contribution in [0.25, 0.3) is 0 Å². The summed E-state index contributed by atoms with van der Waals surface area (Å²) >= 11 is 0. The number of nitrogens with one attached hydrogen (secondary N) is 1. The molecule has 2 rings (SSSR count). The molecule has 0 amide bonds. The van der Waals surface area contributed by atoms with Gasteiger partial charge in [0.1, 0.15) is 5.75 Å². The van der Waals surface area contributed by atoms with E-state index in [9.17, 15) is 0 Å². The van der Waals surface area contributed by atoms with Gasteiger partial charge in [0.15, 0.2) is 0 Å². The number of hydrogen-bond donors (Lipinski definition) is 1. The van der Waals surface area contributed by atoms with Gasteiger partial charge in [0, 0.05) is 12.7 Å². The van der Waals surface area contributed by atoms with Crippen molar-refractivity contribution in [2.24, 2.45) is 0 Å². The third-order valence-electron chi connectivity index (χ3n) is 2.89. The first-order chi connectivity index (χ1) is 8.81. The second kappa shape index (κ2) is 6.10. The zero-order chi connectivity index (χ0) is 12.8. The molecule has 0 aliphatic heterocycles. The number of hydrogen-bond acceptors (Lipinski definition) is 2. The second-order valence-electron chi connectivity index (χ2n) is 4.20. The first-order valence-electron chi connectivity index (χ1n) is 6.30. The fraction of sp³-hybridized carbons (Fsp3) is 0.250. The van der Waals surface area contributed by atoms with Crippen LogP contribution in [0, 0.1) is 0 Å². The smallest absolute Gasteiger partial charge is 0.119 e. The van der Waals surface area contributed by atoms with Gasteiger partial charge in [0.25, 0.3) is 0 Å².